The third-order valence-corrected chi connectivity index (χ3v) is 20.5. The molecule has 0 heterocycles. The molecule has 17 nitrogen and oxygen atoms in total. The normalized spacial score (nSPS) is 14.2. The molecule has 0 saturated carbocycles. The van der Waals surface area contributed by atoms with E-state index in [0.29, 0.717) is 25.7 Å². The molecule has 3 unspecified atom stereocenters. The number of carbonyl (C=O) groups excluding carboxylic acids is 4. The fourth-order valence-corrected chi connectivity index (χ4v) is 13.6. The van der Waals surface area contributed by atoms with Crippen LogP contribution in [0, 0.1) is 5.92 Å². The van der Waals surface area contributed by atoms with Crippen LogP contribution in [-0.2, 0) is 65.4 Å². The van der Waals surface area contributed by atoms with E-state index in [1.165, 1.54) is 231 Å². The first kappa shape index (κ1) is 95.1. The second-order valence-corrected chi connectivity index (χ2v) is 31.3. The highest BCUT2D eigenvalue weighted by Gasteiger charge is 2.30. The summed E-state index contributed by atoms with van der Waals surface area (Å²) < 4.78 is 68.3. The zero-order chi connectivity index (χ0) is 71.2. The predicted octanol–water partition coefficient (Wildman–Crippen LogP) is 23.3. The van der Waals surface area contributed by atoms with Gasteiger partial charge in [-0.05, 0) is 31.6 Å². The molecule has 0 aromatic carbocycles. The first-order valence-corrected chi connectivity index (χ1v) is 43.7. The fraction of sp³-hybridized carbons (Fsp3) is 0.949. The third kappa shape index (κ3) is 70.9. The van der Waals surface area contributed by atoms with Crippen molar-refractivity contribution in [2.45, 2.75) is 432 Å². The lowest BCUT2D eigenvalue weighted by molar-refractivity contribution is -0.161. The Balaban J connectivity index is 5.09. The highest BCUT2D eigenvalue weighted by Crippen LogP contribution is 2.45. The van der Waals surface area contributed by atoms with E-state index >= 15 is 0 Å². The van der Waals surface area contributed by atoms with Crippen LogP contribution in [-0.4, -0.2) is 96.7 Å². The van der Waals surface area contributed by atoms with Gasteiger partial charge in [-0.2, -0.15) is 0 Å². The summed E-state index contributed by atoms with van der Waals surface area (Å²) in [6.45, 7) is 7.15. The maximum absolute atomic E-state index is 13.1. The Morgan fingerprint density at radius 1 is 0.289 bits per heavy atom. The number of hydrogen-bond acceptors (Lipinski definition) is 15. The number of aliphatic hydroxyl groups is 1. The quantitative estimate of drug-likeness (QED) is 0.0222. The van der Waals surface area contributed by atoms with E-state index in [2.05, 4.69) is 34.6 Å². The number of rotatable bonds is 78. The van der Waals surface area contributed by atoms with Crippen molar-refractivity contribution in [3.05, 3.63) is 0 Å². The van der Waals surface area contributed by atoms with Crippen LogP contribution in [0.5, 0.6) is 0 Å². The molecule has 19 heteroatoms. The second-order valence-electron chi connectivity index (χ2n) is 28.3. The Kier molecular flexibility index (Phi) is 69.6. The molecule has 0 aromatic heterocycles. The molecule has 0 fully saturated rings. The summed E-state index contributed by atoms with van der Waals surface area (Å²) in [6, 6.07) is 0. The first-order chi connectivity index (χ1) is 47.1. The van der Waals surface area contributed by atoms with E-state index in [9.17, 15) is 43.2 Å². The van der Waals surface area contributed by atoms with Crippen LogP contribution in [0.1, 0.15) is 413 Å². The van der Waals surface area contributed by atoms with Gasteiger partial charge in [0.2, 0.25) is 0 Å². The molecule has 0 spiro atoms. The zero-order valence-electron chi connectivity index (χ0n) is 63.2. The lowest BCUT2D eigenvalue weighted by Crippen LogP contribution is -2.30. The lowest BCUT2D eigenvalue weighted by Gasteiger charge is -2.21. The van der Waals surface area contributed by atoms with E-state index in [4.69, 9.17) is 37.0 Å². The van der Waals surface area contributed by atoms with E-state index in [1.54, 1.807) is 0 Å². The van der Waals surface area contributed by atoms with Gasteiger partial charge in [-0.1, -0.05) is 362 Å². The monoisotopic (exact) mass is 1420 g/mol. The number of phosphoric ester groups is 2. The van der Waals surface area contributed by atoms with Crippen molar-refractivity contribution in [3.63, 3.8) is 0 Å². The molecule has 0 bridgehead atoms. The number of unbranched alkanes of at least 4 members (excludes halogenated alkanes) is 49. The maximum atomic E-state index is 13.1. The van der Waals surface area contributed by atoms with E-state index in [0.717, 1.165) is 102 Å². The number of phosphoric acid groups is 2. The predicted molar refractivity (Wildman–Crippen MR) is 395 cm³/mol. The standard InChI is InChI=1S/C78H152O17P2/c1-6-10-13-16-18-20-22-24-26-28-30-32-34-36-38-40-42-44-46-52-57-62-76(81)89-68-74(94-77(82)63-58-53-47-45-43-41-39-37-35-33-31-29-27-25-23-21-19-17-14-11-7-2)70-93-97(86,87)91-66-72(79)65-90-96(84,85)92-69-73(67-88-75(80)61-56-50-15-12-8-3)95-78(83)64-59-54-49-48-51-55-60-71(5)9-4/h71-74,79H,6-70H2,1-5H3,(H,84,85)(H,86,87)/t71?,72-,73+,74+/m0/s1. The average molecular weight is 1420 g/mol. The van der Waals surface area contributed by atoms with Crippen LogP contribution >= 0.6 is 15.6 Å². The van der Waals surface area contributed by atoms with Crippen LogP contribution in [0.2, 0.25) is 0 Å². The number of aliphatic hydroxyl groups excluding tert-OH is 1. The summed E-state index contributed by atoms with van der Waals surface area (Å²) >= 11 is 0. The maximum Gasteiger partial charge on any atom is 0.472 e. The van der Waals surface area contributed by atoms with Gasteiger partial charge in [0.25, 0.3) is 0 Å². The molecular formula is C78H152O17P2. The van der Waals surface area contributed by atoms with Crippen molar-refractivity contribution >= 4 is 39.5 Å². The summed E-state index contributed by atoms with van der Waals surface area (Å²) in [5.41, 5.74) is 0. The molecule has 3 N–H and O–H groups in total. The van der Waals surface area contributed by atoms with Crippen LogP contribution < -0.4 is 0 Å². The molecule has 0 saturated heterocycles. The largest absolute Gasteiger partial charge is 0.472 e. The van der Waals surface area contributed by atoms with Crippen molar-refractivity contribution in [2.75, 3.05) is 39.6 Å². The van der Waals surface area contributed by atoms with Crippen molar-refractivity contribution in [1.82, 2.24) is 0 Å². The topological polar surface area (TPSA) is 237 Å². The van der Waals surface area contributed by atoms with Gasteiger partial charge in [-0.25, -0.2) is 9.13 Å². The van der Waals surface area contributed by atoms with Crippen LogP contribution in [0.3, 0.4) is 0 Å². The van der Waals surface area contributed by atoms with Gasteiger partial charge in [0.15, 0.2) is 12.2 Å². The Hall–Kier alpha value is -1.94. The summed E-state index contributed by atoms with van der Waals surface area (Å²) in [5, 5.41) is 10.6. The van der Waals surface area contributed by atoms with Crippen molar-refractivity contribution in [1.29, 1.82) is 0 Å². The van der Waals surface area contributed by atoms with Gasteiger partial charge in [0.1, 0.15) is 19.3 Å². The van der Waals surface area contributed by atoms with Gasteiger partial charge < -0.3 is 33.8 Å². The van der Waals surface area contributed by atoms with Crippen molar-refractivity contribution < 1.29 is 80.2 Å². The highest BCUT2D eigenvalue weighted by atomic mass is 31.2. The molecule has 0 aliphatic heterocycles. The SMILES string of the molecule is CCCCCCCCCCCCCCCCCCCCCCCC(=O)OC[C@H](COP(=O)(O)OC[C@@H](O)COP(=O)(O)OC[C@@H](COC(=O)CCCCCCC)OC(=O)CCCCCCCCC(C)CC)OC(=O)CCCCCCCCCCCCCCCCCCCCCCC. The molecule has 0 rings (SSSR count). The Labute approximate surface area is 594 Å². The van der Waals surface area contributed by atoms with Crippen molar-refractivity contribution in [3.8, 4) is 0 Å². The summed E-state index contributed by atoms with van der Waals surface area (Å²) in [4.78, 5) is 72.5. The lowest BCUT2D eigenvalue weighted by atomic mass is 10.00. The Morgan fingerprint density at radius 2 is 0.495 bits per heavy atom. The van der Waals surface area contributed by atoms with E-state index < -0.39 is 97.5 Å². The molecule has 97 heavy (non-hydrogen) atoms. The molecule has 0 aliphatic rings. The number of hydrogen-bond donors (Lipinski definition) is 3. The molecular weight excluding hydrogens is 1270 g/mol. The van der Waals surface area contributed by atoms with E-state index in [-0.39, 0.29) is 25.7 Å². The molecule has 0 amide bonds. The minimum Gasteiger partial charge on any atom is -0.462 e. The average Bonchev–Trinajstić information content (AvgIpc) is 1.76. The number of ether oxygens (including phenoxy) is 4. The van der Waals surface area contributed by atoms with Crippen LogP contribution in [0.15, 0.2) is 0 Å². The number of esters is 4. The van der Waals surface area contributed by atoms with Gasteiger partial charge in [-0.15, -0.1) is 0 Å². The Morgan fingerprint density at radius 3 is 0.732 bits per heavy atom. The molecule has 0 radical (unpaired) electrons. The van der Waals surface area contributed by atoms with Crippen LogP contribution in [0.25, 0.3) is 0 Å². The molecule has 0 aliphatic carbocycles. The van der Waals surface area contributed by atoms with Crippen molar-refractivity contribution in [2.24, 2.45) is 5.92 Å². The molecule has 0 aromatic rings. The second kappa shape index (κ2) is 71.1. The van der Waals surface area contributed by atoms with Gasteiger partial charge >= 0.3 is 39.5 Å². The third-order valence-electron chi connectivity index (χ3n) is 18.6. The molecule has 6 atom stereocenters. The first-order valence-electron chi connectivity index (χ1n) is 40.7. The van der Waals surface area contributed by atoms with Gasteiger partial charge in [0.05, 0.1) is 26.4 Å². The Bertz CT molecular complexity index is 1860. The zero-order valence-corrected chi connectivity index (χ0v) is 65.0. The minimum absolute atomic E-state index is 0.103. The molecule has 576 valence electrons. The van der Waals surface area contributed by atoms with Gasteiger partial charge in [0, 0.05) is 25.7 Å². The van der Waals surface area contributed by atoms with E-state index in [1.807, 2.05) is 0 Å². The smallest absolute Gasteiger partial charge is 0.462 e. The highest BCUT2D eigenvalue weighted by molar-refractivity contribution is 7.47. The number of carbonyl (C=O) groups is 4. The summed E-state index contributed by atoms with van der Waals surface area (Å²) in [5.74, 6) is -1.41. The fourth-order valence-electron chi connectivity index (χ4n) is 12.0. The summed E-state index contributed by atoms with van der Waals surface area (Å²) in [7, 11) is -9.90. The van der Waals surface area contributed by atoms with Gasteiger partial charge in [-0.3, -0.25) is 37.3 Å². The minimum atomic E-state index is -4.96. The van der Waals surface area contributed by atoms with Crippen LogP contribution in [0.4, 0.5) is 0 Å². The summed E-state index contributed by atoms with van der Waals surface area (Å²) in [6.07, 6.45) is 61.9.